The fraction of sp³-hybridized carbons (Fsp3) is 0.636. The quantitative estimate of drug-likeness (QED) is 0.887. The minimum absolute atomic E-state index is 0.0292. The topological polar surface area (TPSA) is 47.0 Å². The van der Waals surface area contributed by atoms with E-state index in [1.807, 2.05) is 6.92 Å². The van der Waals surface area contributed by atoms with E-state index in [9.17, 15) is 13.2 Å². The second kappa shape index (κ2) is 5.88. The van der Waals surface area contributed by atoms with Gasteiger partial charge in [0.2, 0.25) is 5.88 Å². The summed E-state index contributed by atoms with van der Waals surface area (Å²) in [6.45, 7) is 4.56. The van der Waals surface area contributed by atoms with Crippen molar-refractivity contribution in [2.75, 3.05) is 18.5 Å². The lowest BCUT2D eigenvalue weighted by atomic mass is 10.3. The minimum atomic E-state index is -4.37. The van der Waals surface area contributed by atoms with E-state index in [2.05, 4.69) is 20.0 Å². The van der Waals surface area contributed by atoms with E-state index in [0.717, 1.165) is 6.42 Å². The van der Waals surface area contributed by atoms with Gasteiger partial charge in [-0.3, -0.25) is 0 Å². The zero-order chi connectivity index (χ0) is 13.8. The minimum Gasteiger partial charge on any atom is -0.468 e. The summed E-state index contributed by atoms with van der Waals surface area (Å²) in [6, 6.07) is 0. The van der Waals surface area contributed by atoms with Crippen molar-refractivity contribution in [3.8, 4) is 5.88 Å². The largest absolute Gasteiger partial charge is 0.468 e. The lowest BCUT2D eigenvalue weighted by Gasteiger charge is -2.14. The lowest BCUT2D eigenvalue weighted by molar-refractivity contribution is -0.154. The fourth-order valence-electron chi connectivity index (χ4n) is 1.31. The van der Waals surface area contributed by atoms with Gasteiger partial charge < -0.3 is 10.1 Å². The van der Waals surface area contributed by atoms with Gasteiger partial charge in [-0.1, -0.05) is 6.92 Å². The van der Waals surface area contributed by atoms with E-state index in [-0.39, 0.29) is 5.88 Å². The third-order valence-electron chi connectivity index (χ3n) is 2.13. The molecule has 0 amide bonds. The number of nitrogens with one attached hydrogen (secondary N) is 1. The van der Waals surface area contributed by atoms with Gasteiger partial charge in [-0.05, 0) is 20.3 Å². The predicted molar refractivity (Wildman–Crippen MR) is 61.8 cm³/mol. The van der Waals surface area contributed by atoms with Gasteiger partial charge in [0.15, 0.2) is 6.61 Å². The van der Waals surface area contributed by atoms with E-state index < -0.39 is 12.8 Å². The van der Waals surface area contributed by atoms with Crippen LogP contribution in [0.3, 0.4) is 0 Å². The Morgan fingerprint density at radius 3 is 2.44 bits per heavy atom. The third-order valence-corrected chi connectivity index (χ3v) is 2.13. The maximum Gasteiger partial charge on any atom is 0.422 e. The van der Waals surface area contributed by atoms with Crippen molar-refractivity contribution >= 4 is 5.82 Å². The fourth-order valence-corrected chi connectivity index (χ4v) is 1.31. The summed E-state index contributed by atoms with van der Waals surface area (Å²) in [7, 11) is 0. The molecule has 4 nitrogen and oxygen atoms in total. The first-order chi connectivity index (χ1) is 8.33. The Bertz CT molecular complexity index is 407. The maximum absolute atomic E-state index is 12.1. The number of hydrogen-bond donors (Lipinski definition) is 1. The van der Waals surface area contributed by atoms with Crippen LogP contribution in [0.25, 0.3) is 0 Å². The molecule has 1 aromatic heterocycles. The highest BCUT2D eigenvalue weighted by atomic mass is 19.4. The molecule has 0 aromatic carbocycles. The number of aromatic nitrogens is 2. The summed E-state index contributed by atoms with van der Waals surface area (Å²) >= 11 is 0. The van der Waals surface area contributed by atoms with Gasteiger partial charge in [-0.15, -0.1) is 0 Å². The molecule has 1 rings (SSSR count). The number of alkyl halides is 3. The van der Waals surface area contributed by atoms with Crippen LogP contribution >= 0.6 is 0 Å². The van der Waals surface area contributed by atoms with Gasteiger partial charge in [0.05, 0.1) is 5.56 Å². The standard InChI is InChI=1S/C11H16F3N3O/c1-4-5-15-9-7(2)10(17-8(3)16-9)18-6-11(12,13)14/h4-6H2,1-3H3,(H,15,16,17). The maximum atomic E-state index is 12.1. The van der Waals surface area contributed by atoms with Crippen LogP contribution in [0.4, 0.5) is 19.0 Å². The van der Waals surface area contributed by atoms with Crippen LogP contribution in [0.1, 0.15) is 24.7 Å². The Morgan fingerprint density at radius 1 is 1.22 bits per heavy atom. The second-order valence-corrected chi connectivity index (χ2v) is 3.88. The molecule has 0 unspecified atom stereocenters. The number of ether oxygens (including phenoxy) is 1. The van der Waals surface area contributed by atoms with E-state index in [4.69, 9.17) is 0 Å². The molecule has 0 aliphatic heterocycles. The molecule has 7 heteroatoms. The second-order valence-electron chi connectivity index (χ2n) is 3.88. The van der Waals surface area contributed by atoms with E-state index in [1.165, 1.54) is 0 Å². The van der Waals surface area contributed by atoms with Crippen LogP contribution in [-0.2, 0) is 0 Å². The van der Waals surface area contributed by atoms with Gasteiger partial charge in [0, 0.05) is 6.54 Å². The highest BCUT2D eigenvalue weighted by Crippen LogP contribution is 2.24. The molecule has 0 aliphatic rings. The van der Waals surface area contributed by atoms with E-state index >= 15 is 0 Å². The van der Waals surface area contributed by atoms with Gasteiger partial charge in [-0.25, -0.2) is 4.98 Å². The van der Waals surface area contributed by atoms with Gasteiger partial charge in [0.1, 0.15) is 11.6 Å². The number of aryl methyl sites for hydroxylation is 1. The molecule has 102 valence electrons. The number of rotatable bonds is 5. The molecule has 0 radical (unpaired) electrons. The summed E-state index contributed by atoms with van der Waals surface area (Å²) in [4.78, 5) is 8.00. The van der Waals surface area contributed by atoms with Crippen molar-refractivity contribution in [2.24, 2.45) is 0 Å². The predicted octanol–water partition coefficient (Wildman–Crippen LogP) is 2.86. The molecule has 0 saturated heterocycles. The van der Waals surface area contributed by atoms with Crippen LogP contribution in [0, 0.1) is 13.8 Å². The van der Waals surface area contributed by atoms with E-state index in [0.29, 0.717) is 23.8 Å². The lowest BCUT2D eigenvalue weighted by Crippen LogP contribution is -2.20. The van der Waals surface area contributed by atoms with Crippen molar-refractivity contribution in [1.82, 2.24) is 9.97 Å². The molecule has 0 spiro atoms. The zero-order valence-corrected chi connectivity index (χ0v) is 10.6. The highest BCUT2D eigenvalue weighted by Gasteiger charge is 2.29. The SMILES string of the molecule is CCCNc1nc(C)nc(OCC(F)(F)F)c1C. The summed E-state index contributed by atoms with van der Waals surface area (Å²) in [5.74, 6) is 0.858. The summed E-state index contributed by atoms with van der Waals surface area (Å²) in [5.41, 5.74) is 0.485. The summed E-state index contributed by atoms with van der Waals surface area (Å²) in [5, 5.41) is 3.03. The number of hydrogen-bond acceptors (Lipinski definition) is 4. The van der Waals surface area contributed by atoms with Crippen LogP contribution in [-0.4, -0.2) is 29.3 Å². The molecule has 0 bridgehead atoms. The normalized spacial score (nSPS) is 11.4. The van der Waals surface area contributed by atoms with Crippen molar-refractivity contribution in [2.45, 2.75) is 33.4 Å². The van der Waals surface area contributed by atoms with Gasteiger partial charge >= 0.3 is 6.18 Å². The van der Waals surface area contributed by atoms with Gasteiger partial charge in [-0.2, -0.15) is 18.2 Å². The first-order valence-corrected chi connectivity index (χ1v) is 5.62. The van der Waals surface area contributed by atoms with Crippen molar-refractivity contribution in [3.05, 3.63) is 11.4 Å². The van der Waals surface area contributed by atoms with Crippen LogP contribution in [0.5, 0.6) is 5.88 Å². The van der Waals surface area contributed by atoms with Crippen LogP contribution < -0.4 is 10.1 Å². The van der Waals surface area contributed by atoms with Crippen LogP contribution in [0.2, 0.25) is 0 Å². The van der Waals surface area contributed by atoms with Crippen molar-refractivity contribution < 1.29 is 17.9 Å². The molecule has 0 aliphatic carbocycles. The highest BCUT2D eigenvalue weighted by molar-refractivity contribution is 5.48. The average molecular weight is 263 g/mol. The number of nitrogens with zero attached hydrogens (tertiary/aromatic N) is 2. The Morgan fingerprint density at radius 2 is 1.89 bits per heavy atom. The Labute approximate surface area is 104 Å². The Balaban J connectivity index is 2.87. The first kappa shape index (κ1) is 14.5. The number of anilines is 1. The molecule has 1 N–H and O–H groups in total. The third kappa shape index (κ3) is 4.38. The van der Waals surface area contributed by atoms with Crippen molar-refractivity contribution in [1.29, 1.82) is 0 Å². The number of halogens is 3. The monoisotopic (exact) mass is 263 g/mol. The Hall–Kier alpha value is -1.53. The van der Waals surface area contributed by atoms with Crippen LogP contribution in [0.15, 0.2) is 0 Å². The summed E-state index contributed by atoms with van der Waals surface area (Å²) in [6.07, 6.45) is -3.48. The molecule has 18 heavy (non-hydrogen) atoms. The summed E-state index contributed by atoms with van der Waals surface area (Å²) < 4.78 is 41.0. The molecule has 0 fully saturated rings. The van der Waals surface area contributed by atoms with Gasteiger partial charge in [0.25, 0.3) is 0 Å². The van der Waals surface area contributed by atoms with Crippen molar-refractivity contribution in [3.63, 3.8) is 0 Å². The Kier molecular flexibility index (Phi) is 4.75. The molecule has 1 heterocycles. The smallest absolute Gasteiger partial charge is 0.422 e. The zero-order valence-electron chi connectivity index (χ0n) is 10.6. The molecule has 0 atom stereocenters. The molecule has 0 saturated carbocycles. The molecular formula is C11H16F3N3O. The molecular weight excluding hydrogens is 247 g/mol. The van der Waals surface area contributed by atoms with E-state index in [1.54, 1.807) is 13.8 Å². The molecule has 1 aromatic rings. The first-order valence-electron chi connectivity index (χ1n) is 5.62. The average Bonchev–Trinajstić information content (AvgIpc) is 2.26.